The molecule has 9 nitrogen and oxygen atoms in total. The molecule has 2 aromatic carbocycles. The maximum absolute atomic E-state index is 9.57. The van der Waals surface area contributed by atoms with E-state index in [4.69, 9.17) is 11.0 Å². The van der Waals surface area contributed by atoms with Gasteiger partial charge in [-0.05, 0) is 82.8 Å². The van der Waals surface area contributed by atoms with Crippen LogP contribution in [-0.4, -0.2) is 60.7 Å². The summed E-state index contributed by atoms with van der Waals surface area (Å²) in [5, 5.41) is 13.8. The average Bonchev–Trinajstić information content (AvgIpc) is 2.94. The van der Waals surface area contributed by atoms with E-state index < -0.39 is 0 Å². The van der Waals surface area contributed by atoms with Crippen molar-refractivity contribution >= 4 is 34.6 Å². The maximum atomic E-state index is 9.57. The first-order chi connectivity index (χ1) is 19.1. The van der Waals surface area contributed by atoms with E-state index in [1.807, 2.05) is 95.4 Å². The van der Waals surface area contributed by atoms with Crippen molar-refractivity contribution in [3.63, 3.8) is 0 Å². The lowest BCUT2D eigenvalue weighted by molar-refractivity contribution is -0.241. The van der Waals surface area contributed by atoms with Crippen LogP contribution in [0, 0.1) is 6.92 Å². The molecule has 40 heavy (non-hydrogen) atoms. The number of rotatable bonds is 9. The van der Waals surface area contributed by atoms with Crippen LogP contribution in [0.1, 0.15) is 32.8 Å². The second-order valence-corrected chi connectivity index (χ2v) is 8.79. The fourth-order valence-corrected chi connectivity index (χ4v) is 2.78. The van der Waals surface area contributed by atoms with Crippen LogP contribution in [0.5, 0.6) is 0 Å². The number of anilines is 3. The Morgan fingerprint density at radius 1 is 1.15 bits per heavy atom. The Morgan fingerprint density at radius 3 is 2.20 bits per heavy atom. The summed E-state index contributed by atoms with van der Waals surface area (Å²) in [5.41, 5.74) is 12.0. The topological polar surface area (TPSA) is 126 Å². The van der Waals surface area contributed by atoms with Crippen molar-refractivity contribution in [3.05, 3.63) is 90.2 Å². The highest BCUT2D eigenvalue weighted by atomic mass is 17.1. The standard InChI is InChI=1S/C16H18N4.C8H11N.C4H9NO.C3H8O2/c1-4-11(3)10-12(5-2)18-16-15(17)19-13-8-6-7-9-14(13)20-16;1-7-4-3-5-8(6-7)9-2;1-5(2)3-4-6;1-2-3-5-4/h4-10H,1H2,2-3H3,(H2,17,19)(H,18,20);3-6,9H,1-2H3;4H,3H2,1-2H3;4H,2-3H2,1H3/b11-10-,12-5+;;;. The van der Waals surface area contributed by atoms with Crippen molar-refractivity contribution in [1.82, 2.24) is 14.9 Å². The summed E-state index contributed by atoms with van der Waals surface area (Å²) >= 11 is 0. The fourth-order valence-electron chi connectivity index (χ4n) is 2.78. The molecule has 1 aromatic heterocycles. The first kappa shape index (κ1) is 35.9. The fraction of sp³-hybridized carbons (Fsp3) is 0.323. The number of likely N-dealkylation sites (N-methyl/N-ethyl adjacent to an activating group) is 1. The number of carbonyl (C=O) groups is 1. The summed E-state index contributed by atoms with van der Waals surface area (Å²) in [7, 11) is 5.64. The van der Waals surface area contributed by atoms with E-state index in [1.54, 1.807) is 6.08 Å². The summed E-state index contributed by atoms with van der Waals surface area (Å²) in [5.74, 6) is 0.942. The predicted molar refractivity (Wildman–Crippen MR) is 169 cm³/mol. The number of fused-ring (bicyclic) bond motifs is 1. The lowest BCUT2D eigenvalue weighted by atomic mass is 10.2. The normalized spacial score (nSPS) is 10.7. The summed E-state index contributed by atoms with van der Waals surface area (Å²) in [6, 6.07) is 15.9. The molecule has 0 spiro atoms. The first-order valence-corrected chi connectivity index (χ1v) is 13.0. The lowest BCUT2D eigenvalue weighted by Gasteiger charge is -2.10. The van der Waals surface area contributed by atoms with Gasteiger partial charge in [0.15, 0.2) is 11.6 Å². The highest BCUT2D eigenvalue weighted by Gasteiger charge is 2.06. The molecular formula is C31H46N6O3. The zero-order valence-corrected chi connectivity index (χ0v) is 24.9. The first-order valence-electron chi connectivity index (χ1n) is 13.0. The molecule has 0 unspecified atom stereocenters. The van der Waals surface area contributed by atoms with Crippen LogP contribution >= 0.6 is 0 Å². The van der Waals surface area contributed by atoms with Gasteiger partial charge < -0.3 is 26.1 Å². The minimum Gasteiger partial charge on any atom is -0.388 e. The predicted octanol–water partition coefficient (Wildman–Crippen LogP) is 6.33. The van der Waals surface area contributed by atoms with Crippen molar-refractivity contribution in [2.24, 2.45) is 0 Å². The van der Waals surface area contributed by atoms with Crippen molar-refractivity contribution < 1.29 is 14.9 Å². The van der Waals surface area contributed by atoms with Gasteiger partial charge in [0, 0.05) is 18.4 Å². The number of nitrogens with one attached hydrogen (secondary N) is 2. The van der Waals surface area contributed by atoms with Crippen LogP contribution in [0.3, 0.4) is 0 Å². The van der Waals surface area contributed by atoms with Crippen molar-refractivity contribution in [2.45, 2.75) is 34.1 Å². The number of nitrogens with zero attached hydrogens (tertiary/aromatic N) is 3. The Labute approximate surface area is 239 Å². The molecule has 0 saturated heterocycles. The number of para-hydroxylation sites is 2. The van der Waals surface area contributed by atoms with E-state index in [2.05, 4.69) is 51.1 Å². The Kier molecular flexibility index (Phi) is 19.6. The number of allylic oxidation sites excluding steroid dienone is 4. The molecule has 1 heterocycles. The van der Waals surface area contributed by atoms with Gasteiger partial charge in [-0.1, -0.05) is 49.9 Å². The molecule has 0 aliphatic heterocycles. The van der Waals surface area contributed by atoms with Gasteiger partial charge in [0.25, 0.3) is 0 Å². The molecule has 9 heteroatoms. The zero-order chi connectivity index (χ0) is 30.3. The van der Waals surface area contributed by atoms with E-state index in [9.17, 15) is 4.79 Å². The number of carbonyl (C=O) groups excluding carboxylic acids is 1. The molecule has 0 fully saturated rings. The Bertz CT molecular complexity index is 1210. The number of aryl methyl sites for hydroxylation is 1. The molecule has 3 rings (SSSR count). The molecule has 0 aliphatic carbocycles. The van der Waals surface area contributed by atoms with E-state index in [1.165, 1.54) is 11.3 Å². The number of aromatic nitrogens is 2. The molecule has 3 aromatic rings. The second-order valence-electron chi connectivity index (χ2n) is 8.79. The number of hydrogen-bond acceptors (Lipinski definition) is 9. The van der Waals surface area contributed by atoms with Crippen LogP contribution < -0.4 is 16.4 Å². The minimum atomic E-state index is 0.382. The third-order valence-corrected chi connectivity index (χ3v) is 4.92. The molecule has 0 atom stereocenters. The highest BCUT2D eigenvalue weighted by molar-refractivity contribution is 5.80. The molecule has 0 aliphatic rings. The molecule has 218 valence electrons. The number of benzene rings is 2. The quantitative estimate of drug-likeness (QED) is 0.105. The molecule has 0 amide bonds. The Hall–Kier alpha value is -4.05. The van der Waals surface area contributed by atoms with Crippen LogP contribution in [-0.2, 0) is 9.68 Å². The van der Waals surface area contributed by atoms with Crippen LogP contribution in [0.4, 0.5) is 17.3 Å². The Morgan fingerprint density at radius 2 is 1.80 bits per heavy atom. The van der Waals surface area contributed by atoms with E-state index in [-0.39, 0.29) is 0 Å². The SMILES string of the molecule is C=C/C(C)=C\C(=C/C)Nc1nc2ccccc2nc1N.CCCOO.CN(C)CC=O.CNc1cccc(C)c1. The smallest absolute Gasteiger partial charge is 0.174 e. The van der Waals surface area contributed by atoms with Gasteiger partial charge >= 0.3 is 0 Å². The monoisotopic (exact) mass is 550 g/mol. The van der Waals surface area contributed by atoms with Crippen LogP contribution in [0.2, 0.25) is 0 Å². The van der Waals surface area contributed by atoms with Gasteiger partial charge in [-0.2, -0.15) is 0 Å². The number of nitrogen functional groups attached to an aromatic ring is 1. The molecular weight excluding hydrogens is 504 g/mol. The van der Waals surface area contributed by atoms with Gasteiger partial charge in [-0.3, -0.25) is 5.26 Å². The highest BCUT2D eigenvalue weighted by Crippen LogP contribution is 2.20. The van der Waals surface area contributed by atoms with Crippen LogP contribution in [0.25, 0.3) is 11.0 Å². The second kappa shape index (κ2) is 21.8. The molecule has 0 saturated carbocycles. The molecule has 0 bridgehead atoms. The van der Waals surface area contributed by atoms with Crippen molar-refractivity contribution in [3.8, 4) is 0 Å². The van der Waals surface area contributed by atoms with E-state index in [0.29, 0.717) is 24.8 Å². The third-order valence-electron chi connectivity index (χ3n) is 4.92. The summed E-state index contributed by atoms with van der Waals surface area (Å²) < 4.78 is 0. The van der Waals surface area contributed by atoms with Crippen molar-refractivity contribution in [1.29, 1.82) is 0 Å². The average molecular weight is 551 g/mol. The van der Waals surface area contributed by atoms with Gasteiger partial charge in [0.05, 0.1) is 24.2 Å². The number of aldehydes is 1. The maximum Gasteiger partial charge on any atom is 0.174 e. The van der Waals surface area contributed by atoms with E-state index >= 15 is 0 Å². The van der Waals surface area contributed by atoms with E-state index in [0.717, 1.165) is 35.0 Å². The van der Waals surface area contributed by atoms with Gasteiger partial charge in [-0.25, -0.2) is 14.9 Å². The largest absolute Gasteiger partial charge is 0.388 e. The van der Waals surface area contributed by atoms with Crippen molar-refractivity contribution in [2.75, 3.05) is 50.7 Å². The summed E-state index contributed by atoms with van der Waals surface area (Å²) in [4.78, 5) is 23.9. The lowest BCUT2D eigenvalue weighted by Crippen LogP contribution is -2.13. The van der Waals surface area contributed by atoms with Crippen LogP contribution in [0.15, 0.2) is 84.6 Å². The Balaban J connectivity index is 0.000000625. The minimum absolute atomic E-state index is 0.382. The van der Waals surface area contributed by atoms with Gasteiger partial charge in [-0.15, -0.1) is 0 Å². The van der Waals surface area contributed by atoms with Gasteiger partial charge in [0.1, 0.15) is 6.29 Å². The number of nitrogens with two attached hydrogens (primary N) is 1. The number of hydrogen-bond donors (Lipinski definition) is 4. The summed E-state index contributed by atoms with van der Waals surface area (Å²) in [6.45, 7) is 12.6. The zero-order valence-electron chi connectivity index (χ0n) is 24.9. The molecule has 0 radical (unpaired) electrons. The molecule has 5 N–H and O–H groups in total. The summed E-state index contributed by atoms with van der Waals surface area (Å²) in [6.07, 6.45) is 7.46. The van der Waals surface area contributed by atoms with Gasteiger partial charge in [0.2, 0.25) is 0 Å². The third kappa shape index (κ3) is 16.0.